The summed E-state index contributed by atoms with van der Waals surface area (Å²) in [4.78, 5) is 27.1. The maximum Gasteiger partial charge on any atom is 0.317 e. The largest absolute Gasteiger partial charge is 0.381 e. The molecule has 2 aliphatic heterocycles. The molecule has 7 nitrogen and oxygen atoms in total. The van der Waals surface area contributed by atoms with Crippen molar-refractivity contribution in [3.05, 3.63) is 0 Å². The average Bonchev–Trinajstić information content (AvgIpc) is 2.69. The van der Waals surface area contributed by atoms with E-state index < -0.39 is 5.41 Å². The van der Waals surface area contributed by atoms with Crippen LogP contribution < -0.4 is 16.4 Å². The number of likely N-dealkylation sites (tertiary alicyclic amines) is 1. The molecule has 0 unspecified atom stereocenters. The number of nitrogens with one attached hydrogen (secondary N) is 2. The fraction of sp³-hybridized carbons (Fsp3) is 0.895. The first-order valence-corrected chi connectivity index (χ1v) is 10.3. The van der Waals surface area contributed by atoms with Gasteiger partial charge in [-0.2, -0.15) is 0 Å². The first-order valence-electron chi connectivity index (χ1n) is 10.3. The first-order chi connectivity index (χ1) is 12.6. The number of rotatable bonds is 4. The number of hydrogen-bond donors (Lipinski definition) is 3. The highest BCUT2D eigenvalue weighted by Crippen LogP contribution is 2.30. The maximum absolute atomic E-state index is 12.8. The lowest BCUT2D eigenvalue weighted by atomic mass is 9.79. The highest BCUT2D eigenvalue weighted by molar-refractivity contribution is 5.83. The number of amides is 3. The number of hydrogen-bond acceptors (Lipinski definition) is 4. The van der Waals surface area contributed by atoms with E-state index in [1.54, 1.807) is 0 Å². The molecule has 26 heavy (non-hydrogen) atoms. The van der Waals surface area contributed by atoms with Gasteiger partial charge in [0.1, 0.15) is 0 Å². The lowest BCUT2D eigenvalue weighted by molar-refractivity contribution is -0.136. The van der Waals surface area contributed by atoms with Crippen molar-refractivity contribution in [2.45, 2.75) is 69.9 Å². The molecule has 0 bridgehead atoms. The average molecular weight is 367 g/mol. The smallest absolute Gasteiger partial charge is 0.317 e. The van der Waals surface area contributed by atoms with Gasteiger partial charge in [0, 0.05) is 44.9 Å². The van der Waals surface area contributed by atoms with Gasteiger partial charge in [-0.25, -0.2) is 4.79 Å². The Labute approximate surface area is 156 Å². The van der Waals surface area contributed by atoms with E-state index >= 15 is 0 Å². The molecule has 148 valence electrons. The zero-order chi connectivity index (χ0) is 18.4. The van der Waals surface area contributed by atoms with Crippen molar-refractivity contribution in [3.8, 4) is 0 Å². The highest BCUT2D eigenvalue weighted by atomic mass is 16.5. The van der Waals surface area contributed by atoms with Crippen LogP contribution in [0.3, 0.4) is 0 Å². The quantitative estimate of drug-likeness (QED) is 0.700. The second kappa shape index (κ2) is 9.04. The molecule has 0 spiro atoms. The van der Waals surface area contributed by atoms with Crippen molar-refractivity contribution < 1.29 is 14.3 Å². The molecule has 1 aliphatic carbocycles. The van der Waals surface area contributed by atoms with Crippen molar-refractivity contribution >= 4 is 11.9 Å². The van der Waals surface area contributed by atoms with E-state index in [0.717, 1.165) is 25.7 Å². The van der Waals surface area contributed by atoms with E-state index in [1.165, 1.54) is 19.3 Å². The van der Waals surface area contributed by atoms with E-state index in [4.69, 9.17) is 10.5 Å². The molecule has 0 aromatic rings. The summed E-state index contributed by atoms with van der Waals surface area (Å²) in [5.41, 5.74) is 5.44. The van der Waals surface area contributed by atoms with Crippen molar-refractivity contribution in [3.63, 3.8) is 0 Å². The molecule has 7 heteroatoms. The molecule has 0 aromatic carbocycles. The molecule has 3 fully saturated rings. The minimum Gasteiger partial charge on any atom is -0.381 e. The molecular weight excluding hydrogens is 332 g/mol. The highest BCUT2D eigenvalue weighted by Gasteiger charge is 2.40. The Balaban J connectivity index is 1.43. The van der Waals surface area contributed by atoms with Crippen molar-refractivity contribution in [2.75, 3.05) is 32.8 Å². The van der Waals surface area contributed by atoms with E-state index in [1.807, 2.05) is 4.90 Å². The van der Waals surface area contributed by atoms with Crippen LogP contribution in [0.2, 0.25) is 0 Å². The molecule has 0 aromatic heterocycles. The molecule has 0 radical (unpaired) electrons. The normalized spacial score (nSPS) is 24.9. The van der Waals surface area contributed by atoms with E-state index in [2.05, 4.69) is 10.6 Å². The van der Waals surface area contributed by atoms with Gasteiger partial charge in [0.05, 0.1) is 5.41 Å². The van der Waals surface area contributed by atoms with Crippen molar-refractivity contribution in [2.24, 2.45) is 11.1 Å². The van der Waals surface area contributed by atoms with Crippen LogP contribution in [0.15, 0.2) is 0 Å². The summed E-state index contributed by atoms with van der Waals surface area (Å²) in [6.45, 7) is 2.96. The third-order valence-electron chi connectivity index (χ3n) is 6.37. The Morgan fingerprint density at radius 2 is 1.58 bits per heavy atom. The van der Waals surface area contributed by atoms with Crippen LogP contribution in [0.4, 0.5) is 4.79 Å². The SMILES string of the molecule is NCC1(C(=O)NC2CCN(C(=O)NC3CCCCC3)CC2)CCOCC1. The predicted molar refractivity (Wildman–Crippen MR) is 99.7 cm³/mol. The van der Waals surface area contributed by atoms with Gasteiger partial charge in [-0.15, -0.1) is 0 Å². The minimum atomic E-state index is -0.478. The fourth-order valence-electron chi connectivity index (χ4n) is 4.36. The Kier molecular flexibility index (Phi) is 6.75. The monoisotopic (exact) mass is 366 g/mol. The predicted octanol–water partition coefficient (Wildman–Crippen LogP) is 1.36. The molecule has 3 aliphatic rings. The summed E-state index contributed by atoms with van der Waals surface area (Å²) in [5, 5.41) is 6.37. The Morgan fingerprint density at radius 3 is 2.19 bits per heavy atom. The van der Waals surface area contributed by atoms with Gasteiger partial charge in [-0.3, -0.25) is 4.79 Å². The summed E-state index contributed by atoms with van der Waals surface area (Å²) in [5.74, 6) is 0.0633. The maximum atomic E-state index is 12.8. The van der Waals surface area contributed by atoms with Crippen LogP contribution in [0.1, 0.15) is 57.8 Å². The zero-order valence-electron chi connectivity index (χ0n) is 15.8. The molecule has 1 saturated carbocycles. The molecule has 0 atom stereocenters. The molecule has 2 heterocycles. The second-order valence-electron chi connectivity index (χ2n) is 8.12. The van der Waals surface area contributed by atoms with Crippen molar-refractivity contribution in [1.82, 2.24) is 15.5 Å². The van der Waals surface area contributed by atoms with Crippen LogP contribution in [0.5, 0.6) is 0 Å². The standard InChI is InChI=1S/C19H34N4O3/c20-14-19(8-12-26-13-9-19)17(24)21-16-6-10-23(11-7-16)18(25)22-15-4-2-1-3-5-15/h15-16H,1-14,20H2,(H,21,24)(H,22,25). The van der Waals surface area contributed by atoms with E-state index in [9.17, 15) is 9.59 Å². The third-order valence-corrected chi connectivity index (χ3v) is 6.37. The van der Waals surface area contributed by atoms with Gasteiger partial charge in [-0.1, -0.05) is 19.3 Å². The summed E-state index contributed by atoms with van der Waals surface area (Å²) >= 11 is 0. The van der Waals surface area contributed by atoms with Gasteiger partial charge < -0.3 is 26.0 Å². The third kappa shape index (κ3) is 4.68. The number of nitrogens with zero attached hydrogens (tertiary/aromatic N) is 1. The summed E-state index contributed by atoms with van der Waals surface area (Å²) in [7, 11) is 0. The van der Waals surface area contributed by atoms with Crippen LogP contribution in [0.25, 0.3) is 0 Å². The van der Waals surface area contributed by atoms with Gasteiger partial charge in [-0.05, 0) is 38.5 Å². The van der Waals surface area contributed by atoms with E-state index in [-0.39, 0.29) is 18.0 Å². The molecule has 2 saturated heterocycles. The summed E-state index contributed by atoms with van der Waals surface area (Å²) in [6, 6.07) is 0.531. The van der Waals surface area contributed by atoms with E-state index in [0.29, 0.717) is 51.7 Å². The lowest BCUT2D eigenvalue weighted by Crippen LogP contribution is -2.55. The molecule has 4 N–H and O–H groups in total. The van der Waals surface area contributed by atoms with Gasteiger partial charge in [0.25, 0.3) is 0 Å². The number of carbonyl (C=O) groups is 2. The van der Waals surface area contributed by atoms with Crippen LogP contribution in [-0.2, 0) is 9.53 Å². The lowest BCUT2D eigenvalue weighted by Gasteiger charge is -2.38. The zero-order valence-corrected chi connectivity index (χ0v) is 15.8. The summed E-state index contributed by atoms with van der Waals surface area (Å²) in [6.07, 6.45) is 8.91. The van der Waals surface area contributed by atoms with Crippen LogP contribution >= 0.6 is 0 Å². The number of carbonyl (C=O) groups excluding carboxylic acids is 2. The Bertz CT molecular complexity index is 479. The molecule has 3 amide bonds. The summed E-state index contributed by atoms with van der Waals surface area (Å²) < 4.78 is 5.38. The first kappa shape index (κ1) is 19.4. The van der Waals surface area contributed by atoms with Gasteiger partial charge >= 0.3 is 6.03 Å². The van der Waals surface area contributed by atoms with Crippen LogP contribution in [-0.4, -0.2) is 61.8 Å². The number of nitrogens with two attached hydrogens (primary N) is 1. The molecule has 3 rings (SSSR count). The Morgan fingerprint density at radius 1 is 0.962 bits per heavy atom. The Hall–Kier alpha value is -1.34. The topological polar surface area (TPSA) is 96.7 Å². The van der Waals surface area contributed by atoms with Crippen molar-refractivity contribution in [1.29, 1.82) is 0 Å². The molecular formula is C19H34N4O3. The fourth-order valence-corrected chi connectivity index (χ4v) is 4.36. The van der Waals surface area contributed by atoms with Crippen LogP contribution in [0, 0.1) is 5.41 Å². The minimum absolute atomic E-state index is 0.0598. The number of urea groups is 1. The number of piperidine rings is 1. The van der Waals surface area contributed by atoms with Gasteiger partial charge in [0.2, 0.25) is 5.91 Å². The number of ether oxygens (including phenoxy) is 1. The van der Waals surface area contributed by atoms with Gasteiger partial charge in [0.15, 0.2) is 0 Å². The second-order valence-corrected chi connectivity index (χ2v) is 8.12.